The zero-order valence-corrected chi connectivity index (χ0v) is 11.0. The lowest BCUT2D eigenvalue weighted by atomic mass is 9.90. The van der Waals surface area contributed by atoms with E-state index in [1.165, 1.54) is 0 Å². The number of likely N-dealkylation sites (tertiary alicyclic amines) is 1. The first-order valence-electron chi connectivity index (χ1n) is 5.97. The van der Waals surface area contributed by atoms with Crippen molar-refractivity contribution in [3.63, 3.8) is 0 Å². The first-order valence-corrected chi connectivity index (χ1v) is 5.97. The summed E-state index contributed by atoms with van der Waals surface area (Å²) in [6.07, 6.45) is 0. The Hall–Kier alpha value is -1.19. The van der Waals surface area contributed by atoms with Crippen LogP contribution in [-0.4, -0.2) is 29.0 Å². The van der Waals surface area contributed by atoms with Crippen molar-refractivity contribution >= 4 is 17.6 Å². The lowest BCUT2D eigenvalue weighted by Gasteiger charge is -2.24. The fraction of sp³-hybridized carbons (Fsp3) is 0.769. The van der Waals surface area contributed by atoms with E-state index in [9.17, 15) is 14.4 Å². The number of carbonyl (C=O) groups excluding carboxylic acids is 3. The van der Waals surface area contributed by atoms with Crippen LogP contribution in [0, 0.1) is 22.7 Å². The molecule has 1 saturated heterocycles. The fourth-order valence-electron chi connectivity index (χ4n) is 2.54. The van der Waals surface area contributed by atoms with Crippen LogP contribution in [-0.2, 0) is 14.4 Å². The zero-order valence-electron chi connectivity index (χ0n) is 11.0. The fourth-order valence-corrected chi connectivity index (χ4v) is 2.54. The number of imide groups is 1. The molecule has 0 spiro atoms. The summed E-state index contributed by atoms with van der Waals surface area (Å²) in [5, 5.41) is 0. The Morgan fingerprint density at radius 2 is 1.59 bits per heavy atom. The molecule has 0 bridgehead atoms. The largest absolute Gasteiger partial charge is 0.297 e. The Bertz CT molecular complexity index is 393. The third-order valence-electron chi connectivity index (χ3n) is 4.03. The van der Waals surface area contributed by atoms with Crippen molar-refractivity contribution in [2.45, 2.75) is 34.6 Å². The van der Waals surface area contributed by atoms with Crippen LogP contribution in [0.3, 0.4) is 0 Å². The summed E-state index contributed by atoms with van der Waals surface area (Å²) in [6.45, 7) is 9.19. The van der Waals surface area contributed by atoms with Gasteiger partial charge in [0.2, 0.25) is 11.8 Å². The molecule has 0 aromatic rings. The highest BCUT2D eigenvalue weighted by Gasteiger charge is 2.72. The minimum atomic E-state index is -0.511. The molecule has 1 aliphatic heterocycles. The van der Waals surface area contributed by atoms with Gasteiger partial charge in [0.15, 0.2) is 5.78 Å². The summed E-state index contributed by atoms with van der Waals surface area (Å²) < 4.78 is 0. The predicted molar refractivity (Wildman–Crippen MR) is 61.9 cm³/mol. The predicted octanol–water partition coefficient (Wildman–Crippen LogP) is 1.24. The monoisotopic (exact) mass is 237 g/mol. The lowest BCUT2D eigenvalue weighted by molar-refractivity contribution is -0.147. The second kappa shape index (κ2) is 3.18. The quantitative estimate of drug-likeness (QED) is 0.679. The molecule has 1 aliphatic carbocycles. The van der Waals surface area contributed by atoms with Crippen molar-refractivity contribution in [2.75, 3.05) is 6.54 Å². The summed E-state index contributed by atoms with van der Waals surface area (Å²) in [5.74, 6) is -0.783. The maximum absolute atomic E-state index is 12.0. The Kier molecular flexibility index (Phi) is 2.29. The Balaban J connectivity index is 2.10. The number of Topliss-reactive ketones (excluding diaryl/α,β-unsaturated/α-hetero) is 1. The molecule has 1 saturated carbocycles. The molecule has 4 nitrogen and oxygen atoms in total. The van der Waals surface area contributed by atoms with Gasteiger partial charge in [-0.1, -0.05) is 34.6 Å². The first kappa shape index (κ1) is 12.3. The number of nitrogens with zero attached hydrogens (tertiary/aromatic N) is 1. The van der Waals surface area contributed by atoms with Crippen LogP contribution < -0.4 is 0 Å². The molecule has 1 heterocycles. The van der Waals surface area contributed by atoms with E-state index in [1.54, 1.807) is 20.8 Å². The third-order valence-corrected chi connectivity index (χ3v) is 4.03. The Morgan fingerprint density at radius 3 is 1.94 bits per heavy atom. The number of hydrogen-bond donors (Lipinski definition) is 0. The maximum Gasteiger partial charge on any atom is 0.234 e. The second-order valence-corrected chi connectivity index (χ2v) is 6.71. The third kappa shape index (κ3) is 1.61. The summed E-state index contributed by atoms with van der Waals surface area (Å²) >= 11 is 0. The van der Waals surface area contributed by atoms with Gasteiger partial charge in [-0.05, 0) is 5.41 Å². The van der Waals surface area contributed by atoms with Crippen LogP contribution in [0.25, 0.3) is 0 Å². The standard InChI is InChI=1S/C13H19NO3/c1-12(2,3)7(15)6-14-10(16)8-9(11(14)17)13(8,4)5/h8-9H,6H2,1-5H3. The van der Waals surface area contributed by atoms with E-state index in [0.717, 1.165) is 4.90 Å². The summed E-state index contributed by atoms with van der Waals surface area (Å²) in [4.78, 5) is 37.0. The summed E-state index contributed by atoms with van der Waals surface area (Å²) in [5.41, 5.74) is -0.710. The highest BCUT2D eigenvalue weighted by atomic mass is 16.2. The van der Waals surface area contributed by atoms with Gasteiger partial charge in [0.05, 0.1) is 18.4 Å². The number of fused-ring (bicyclic) bond motifs is 1. The number of rotatable bonds is 2. The molecule has 0 radical (unpaired) electrons. The minimum absolute atomic E-state index is 0.0652. The van der Waals surface area contributed by atoms with Crippen LogP contribution in [0.15, 0.2) is 0 Å². The van der Waals surface area contributed by atoms with Gasteiger partial charge in [-0.3, -0.25) is 19.3 Å². The normalized spacial score (nSPS) is 30.5. The van der Waals surface area contributed by atoms with Crippen molar-refractivity contribution in [2.24, 2.45) is 22.7 Å². The van der Waals surface area contributed by atoms with Crippen molar-refractivity contribution in [1.29, 1.82) is 0 Å². The van der Waals surface area contributed by atoms with Crippen LogP contribution >= 0.6 is 0 Å². The SMILES string of the molecule is CC(C)(C)C(=O)CN1C(=O)C2C(C1=O)C2(C)C. The Labute approximate surface area is 101 Å². The van der Waals surface area contributed by atoms with E-state index in [2.05, 4.69) is 0 Å². The van der Waals surface area contributed by atoms with E-state index in [4.69, 9.17) is 0 Å². The van der Waals surface area contributed by atoms with Crippen LogP contribution in [0.1, 0.15) is 34.6 Å². The molecule has 0 aromatic heterocycles. The van der Waals surface area contributed by atoms with E-state index in [0.29, 0.717) is 0 Å². The number of piperidine rings is 1. The van der Waals surface area contributed by atoms with E-state index in [1.807, 2.05) is 13.8 Å². The van der Waals surface area contributed by atoms with Gasteiger partial charge in [-0.2, -0.15) is 0 Å². The zero-order chi connectivity index (χ0) is 13.2. The topological polar surface area (TPSA) is 54.5 Å². The molecule has 0 N–H and O–H groups in total. The van der Waals surface area contributed by atoms with Gasteiger partial charge >= 0.3 is 0 Å². The van der Waals surface area contributed by atoms with Crippen molar-refractivity contribution in [3.8, 4) is 0 Å². The summed E-state index contributed by atoms with van der Waals surface area (Å²) in [6, 6.07) is 0. The van der Waals surface area contributed by atoms with E-state index < -0.39 is 5.41 Å². The average Bonchev–Trinajstić information content (AvgIpc) is 2.63. The lowest BCUT2D eigenvalue weighted by Crippen LogP contribution is -2.42. The summed E-state index contributed by atoms with van der Waals surface area (Å²) in [7, 11) is 0. The molecule has 2 fully saturated rings. The average molecular weight is 237 g/mol. The Morgan fingerprint density at radius 1 is 1.18 bits per heavy atom. The molecule has 2 unspecified atom stereocenters. The van der Waals surface area contributed by atoms with E-state index >= 15 is 0 Å². The maximum atomic E-state index is 12.0. The van der Waals surface area contributed by atoms with Gasteiger partial charge < -0.3 is 0 Å². The van der Waals surface area contributed by atoms with Gasteiger partial charge in [0, 0.05) is 5.41 Å². The first-order chi connectivity index (χ1) is 7.58. The number of carbonyl (C=O) groups is 3. The van der Waals surface area contributed by atoms with Gasteiger partial charge in [-0.15, -0.1) is 0 Å². The van der Waals surface area contributed by atoms with Crippen LogP contribution in [0.4, 0.5) is 0 Å². The molecule has 2 aliphatic rings. The number of hydrogen-bond acceptors (Lipinski definition) is 3. The molecular formula is C13H19NO3. The molecule has 2 atom stereocenters. The van der Waals surface area contributed by atoms with Crippen LogP contribution in [0.2, 0.25) is 0 Å². The smallest absolute Gasteiger partial charge is 0.234 e. The van der Waals surface area contributed by atoms with Gasteiger partial charge in [-0.25, -0.2) is 0 Å². The second-order valence-electron chi connectivity index (χ2n) is 6.71. The molecule has 94 valence electrons. The van der Waals surface area contributed by atoms with E-state index in [-0.39, 0.29) is 41.4 Å². The highest BCUT2D eigenvalue weighted by Crippen LogP contribution is 2.63. The van der Waals surface area contributed by atoms with Crippen molar-refractivity contribution in [3.05, 3.63) is 0 Å². The van der Waals surface area contributed by atoms with Crippen LogP contribution in [0.5, 0.6) is 0 Å². The van der Waals surface area contributed by atoms with Crippen molar-refractivity contribution in [1.82, 2.24) is 4.90 Å². The highest BCUT2D eigenvalue weighted by molar-refractivity contribution is 6.12. The molecule has 4 heteroatoms. The molecular weight excluding hydrogens is 218 g/mol. The van der Waals surface area contributed by atoms with Crippen molar-refractivity contribution < 1.29 is 14.4 Å². The molecule has 2 rings (SSSR count). The number of ketones is 1. The molecule has 2 amide bonds. The van der Waals surface area contributed by atoms with Gasteiger partial charge in [0.1, 0.15) is 0 Å². The van der Waals surface area contributed by atoms with Gasteiger partial charge in [0.25, 0.3) is 0 Å². The molecule has 0 aromatic carbocycles. The molecule has 17 heavy (non-hydrogen) atoms. The minimum Gasteiger partial charge on any atom is -0.297 e. The number of amides is 2.